The van der Waals surface area contributed by atoms with Crippen LogP contribution >= 0.6 is 11.3 Å². The summed E-state index contributed by atoms with van der Waals surface area (Å²) in [5, 5.41) is 21.5. The first kappa shape index (κ1) is 15.8. The molecule has 0 saturated heterocycles. The maximum atomic E-state index is 13.3. The molecule has 0 spiro atoms. The van der Waals surface area contributed by atoms with Crippen LogP contribution in [0, 0.1) is 0 Å². The number of fused-ring (bicyclic) bond motifs is 1. The Morgan fingerprint density at radius 3 is 2.70 bits per heavy atom. The van der Waals surface area contributed by atoms with Gasteiger partial charge in [-0.3, -0.25) is 4.79 Å². The van der Waals surface area contributed by atoms with E-state index in [-0.39, 0.29) is 16.9 Å². The largest absolute Gasteiger partial charge is 0.478 e. The number of hydrogen-bond acceptors (Lipinski definition) is 4. The number of carbonyl (C=O) groups excluding carboxylic acids is 1. The summed E-state index contributed by atoms with van der Waals surface area (Å²) >= 11 is 1.08. The molecule has 0 bridgehead atoms. The van der Waals surface area contributed by atoms with Crippen molar-refractivity contribution in [3.63, 3.8) is 0 Å². The van der Waals surface area contributed by atoms with Crippen LogP contribution in [0.2, 0.25) is 0 Å². The number of nitrogens with one attached hydrogen (secondary N) is 1. The van der Waals surface area contributed by atoms with Gasteiger partial charge < -0.3 is 15.5 Å². The molecule has 0 unspecified atom stereocenters. The first-order valence-corrected chi connectivity index (χ1v) is 7.74. The predicted octanol–water partition coefficient (Wildman–Crippen LogP) is 2.49. The van der Waals surface area contributed by atoms with Gasteiger partial charge >= 0.3 is 5.97 Å². The number of rotatable bonds is 3. The Bertz CT molecular complexity index is 789. The summed E-state index contributed by atoms with van der Waals surface area (Å²) in [6.45, 7) is 0. The molecular weight excluding hydrogens is 328 g/mol. The molecule has 2 aromatic rings. The number of carbonyl (C=O) groups is 2. The Balaban J connectivity index is 1.85. The fourth-order valence-corrected chi connectivity index (χ4v) is 3.69. The molecule has 3 rings (SSSR count). The molecule has 0 aliphatic heterocycles. The molecular formula is C15H13F2NO4S. The van der Waals surface area contributed by atoms with Gasteiger partial charge in [-0.1, -0.05) is 6.07 Å². The van der Waals surface area contributed by atoms with E-state index < -0.39 is 36.4 Å². The van der Waals surface area contributed by atoms with Gasteiger partial charge in [-0.2, -0.15) is 0 Å². The Morgan fingerprint density at radius 2 is 2.09 bits per heavy atom. The van der Waals surface area contributed by atoms with E-state index in [9.17, 15) is 23.5 Å². The van der Waals surface area contributed by atoms with Crippen molar-refractivity contribution >= 4 is 33.3 Å². The van der Waals surface area contributed by atoms with E-state index in [1.165, 1.54) is 12.1 Å². The summed E-state index contributed by atoms with van der Waals surface area (Å²) in [5.74, 6) is -4.90. The summed E-state index contributed by atoms with van der Waals surface area (Å²) in [4.78, 5) is 23.6. The van der Waals surface area contributed by atoms with Gasteiger partial charge in [0.2, 0.25) is 0 Å². The number of amides is 1. The lowest BCUT2D eigenvalue weighted by Gasteiger charge is -2.19. The first-order chi connectivity index (χ1) is 10.8. The van der Waals surface area contributed by atoms with Gasteiger partial charge in [0.25, 0.3) is 11.8 Å². The van der Waals surface area contributed by atoms with Gasteiger partial charge in [-0.25, -0.2) is 13.6 Å². The zero-order valence-electron chi connectivity index (χ0n) is 11.8. The van der Waals surface area contributed by atoms with Crippen LogP contribution in [-0.4, -0.2) is 40.2 Å². The highest BCUT2D eigenvalue weighted by atomic mass is 32.1. The number of halogens is 2. The standard InChI is InChI=1S/C15H13F2NO4S/c16-15(17)5-4-9(12(15)19)18-13(20)11-6-8-7(14(21)22)2-1-3-10(8)23-11/h1-3,6,9,12,19H,4-5H2,(H,18,20)(H,21,22)/t9-,12+/m0/s1. The summed E-state index contributed by atoms with van der Waals surface area (Å²) in [7, 11) is 0. The molecule has 1 fully saturated rings. The van der Waals surface area contributed by atoms with Crippen molar-refractivity contribution < 1.29 is 28.6 Å². The third-order valence-corrected chi connectivity index (χ3v) is 5.03. The van der Waals surface area contributed by atoms with E-state index in [0.29, 0.717) is 10.1 Å². The van der Waals surface area contributed by atoms with E-state index in [2.05, 4.69) is 5.32 Å². The van der Waals surface area contributed by atoms with Crippen LogP contribution in [-0.2, 0) is 0 Å². The molecule has 1 aliphatic rings. The number of aliphatic hydroxyl groups is 1. The molecule has 1 saturated carbocycles. The molecule has 2 atom stereocenters. The van der Waals surface area contributed by atoms with E-state index in [0.717, 1.165) is 11.3 Å². The van der Waals surface area contributed by atoms with Crippen molar-refractivity contribution in [3.05, 3.63) is 34.7 Å². The smallest absolute Gasteiger partial charge is 0.336 e. The Kier molecular flexibility index (Phi) is 3.81. The number of carboxylic acid groups (broad SMARTS) is 1. The SMILES string of the molecule is O=C(N[C@H]1CCC(F)(F)[C@@H]1O)c1cc2c(C(=O)O)cccc2s1. The van der Waals surface area contributed by atoms with Crippen LogP contribution in [0.4, 0.5) is 8.78 Å². The Hall–Kier alpha value is -2.06. The molecule has 1 aromatic heterocycles. The third-order valence-electron chi connectivity index (χ3n) is 3.93. The van der Waals surface area contributed by atoms with Gasteiger partial charge in [0.1, 0.15) is 6.10 Å². The highest BCUT2D eigenvalue weighted by Crippen LogP contribution is 2.36. The van der Waals surface area contributed by atoms with Crippen molar-refractivity contribution in [2.75, 3.05) is 0 Å². The highest BCUT2D eigenvalue weighted by molar-refractivity contribution is 7.20. The molecule has 8 heteroatoms. The number of aliphatic hydroxyl groups excluding tert-OH is 1. The number of alkyl halides is 2. The number of aromatic carboxylic acids is 1. The fourth-order valence-electron chi connectivity index (χ4n) is 2.70. The first-order valence-electron chi connectivity index (χ1n) is 6.92. The highest BCUT2D eigenvalue weighted by Gasteiger charge is 2.49. The summed E-state index contributed by atoms with van der Waals surface area (Å²) < 4.78 is 27.2. The Labute approximate surface area is 133 Å². The summed E-state index contributed by atoms with van der Waals surface area (Å²) in [6, 6.07) is 5.10. The lowest BCUT2D eigenvalue weighted by molar-refractivity contribution is -0.0911. The lowest BCUT2D eigenvalue weighted by Crippen LogP contribution is -2.44. The maximum absolute atomic E-state index is 13.3. The molecule has 1 aromatic carbocycles. The van der Waals surface area contributed by atoms with Crippen LogP contribution in [0.1, 0.15) is 32.9 Å². The molecule has 0 radical (unpaired) electrons. The van der Waals surface area contributed by atoms with E-state index in [1.54, 1.807) is 12.1 Å². The minimum absolute atomic E-state index is 0.00875. The monoisotopic (exact) mass is 341 g/mol. The number of hydrogen-bond donors (Lipinski definition) is 3. The molecule has 122 valence electrons. The zero-order chi connectivity index (χ0) is 16.8. The zero-order valence-corrected chi connectivity index (χ0v) is 12.6. The van der Waals surface area contributed by atoms with Crippen LogP contribution in [0.15, 0.2) is 24.3 Å². The van der Waals surface area contributed by atoms with Crippen molar-refractivity contribution in [1.82, 2.24) is 5.32 Å². The molecule has 1 aliphatic carbocycles. The number of thiophene rings is 1. The van der Waals surface area contributed by atoms with Gasteiger partial charge in [-0.05, 0) is 24.6 Å². The average Bonchev–Trinajstić information content (AvgIpc) is 3.03. The van der Waals surface area contributed by atoms with Crippen molar-refractivity contribution in [3.8, 4) is 0 Å². The second-order valence-electron chi connectivity index (χ2n) is 5.46. The summed E-state index contributed by atoms with van der Waals surface area (Å²) in [5.41, 5.74) is 0.0743. The van der Waals surface area contributed by atoms with Crippen LogP contribution in [0.25, 0.3) is 10.1 Å². The Morgan fingerprint density at radius 1 is 1.35 bits per heavy atom. The summed E-state index contributed by atoms with van der Waals surface area (Å²) in [6.07, 6.45) is -2.39. The van der Waals surface area contributed by atoms with Gasteiger partial charge in [0.05, 0.1) is 16.5 Å². The fraction of sp³-hybridized carbons (Fsp3) is 0.333. The van der Waals surface area contributed by atoms with E-state index in [1.807, 2.05) is 0 Å². The van der Waals surface area contributed by atoms with E-state index in [4.69, 9.17) is 5.11 Å². The van der Waals surface area contributed by atoms with Crippen LogP contribution in [0.5, 0.6) is 0 Å². The quantitative estimate of drug-likeness (QED) is 0.800. The topological polar surface area (TPSA) is 86.6 Å². The molecule has 5 nitrogen and oxygen atoms in total. The maximum Gasteiger partial charge on any atom is 0.336 e. The van der Waals surface area contributed by atoms with Crippen LogP contribution in [0.3, 0.4) is 0 Å². The van der Waals surface area contributed by atoms with Gasteiger partial charge in [-0.15, -0.1) is 11.3 Å². The van der Waals surface area contributed by atoms with Crippen molar-refractivity contribution in [1.29, 1.82) is 0 Å². The molecule has 23 heavy (non-hydrogen) atoms. The minimum Gasteiger partial charge on any atom is -0.478 e. The van der Waals surface area contributed by atoms with Crippen molar-refractivity contribution in [2.45, 2.75) is 30.9 Å². The molecule has 3 N–H and O–H groups in total. The molecule has 1 amide bonds. The normalized spacial score (nSPS) is 23.1. The van der Waals surface area contributed by atoms with Gasteiger partial charge in [0, 0.05) is 16.5 Å². The third kappa shape index (κ3) is 2.79. The second kappa shape index (κ2) is 5.54. The predicted molar refractivity (Wildman–Crippen MR) is 80.2 cm³/mol. The second-order valence-corrected chi connectivity index (χ2v) is 6.54. The average molecular weight is 341 g/mol. The van der Waals surface area contributed by atoms with E-state index >= 15 is 0 Å². The lowest BCUT2D eigenvalue weighted by atomic mass is 10.1. The number of benzene rings is 1. The van der Waals surface area contributed by atoms with Gasteiger partial charge in [0.15, 0.2) is 0 Å². The molecule has 1 heterocycles. The minimum atomic E-state index is -3.20. The van der Waals surface area contributed by atoms with Crippen molar-refractivity contribution in [2.24, 2.45) is 0 Å². The number of carboxylic acids is 1. The van der Waals surface area contributed by atoms with Crippen LogP contribution < -0.4 is 5.32 Å².